The van der Waals surface area contributed by atoms with Crippen molar-refractivity contribution in [1.29, 1.82) is 0 Å². The van der Waals surface area contributed by atoms with Crippen molar-refractivity contribution in [3.8, 4) is 11.5 Å². The van der Waals surface area contributed by atoms with Gasteiger partial charge in [0.1, 0.15) is 6.61 Å². The van der Waals surface area contributed by atoms with E-state index >= 15 is 0 Å². The first-order chi connectivity index (χ1) is 18.1. The molecule has 0 spiro atoms. The molecule has 1 aromatic heterocycles. The molecule has 0 amide bonds. The van der Waals surface area contributed by atoms with Crippen LogP contribution >= 0.6 is 35.0 Å². The minimum absolute atomic E-state index is 0.417. The second-order valence-corrected chi connectivity index (χ2v) is 9.99. The first kappa shape index (κ1) is 27.0. The van der Waals surface area contributed by atoms with Gasteiger partial charge >= 0.3 is 0 Å². The Bertz CT molecular complexity index is 1330. The molecule has 0 unspecified atom stereocenters. The standard InChI is InChI=1S/C28H28Cl2N4O2S/c1-3-5-27-32-33-28(37-19-21-8-13-24(30)14-9-21)34(27)31-17-22-10-15-25(26(16-22)35-4-2)36-18-20-6-11-23(29)12-7-20/h6-17H,3-5,18-19H2,1-2H3/b31-17+. The molecular formula is C28H28Cl2N4O2S. The largest absolute Gasteiger partial charge is 0.490 e. The molecule has 0 saturated carbocycles. The fourth-order valence-electron chi connectivity index (χ4n) is 3.47. The van der Waals surface area contributed by atoms with Crippen LogP contribution < -0.4 is 9.47 Å². The molecule has 0 bridgehead atoms. The first-order valence-corrected chi connectivity index (χ1v) is 13.8. The number of benzene rings is 3. The highest BCUT2D eigenvalue weighted by Crippen LogP contribution is 2.29. The summed E-state index contributed by atoms with van der Waals surface area (Å²) in [6.45, 7) is 5.00. The normalized spacial score (nSPS) is 11.2. The number of hydrogen-bond donors (Lipinski definition) is 0. The van der Waals surface area contributed by atoms with E-state index in [1.165, 1.54) is 0 Å². The van der Waals surface area contributed by atoms with Crippen LogP contribution in [0.5, 0.6) is 11.5 Å². The molecule has 0 aliphatic carbocycles. The lowest BCUT2D eigenvalue weighted by molar-refractivity contribution is 0.269. The lowest BCUT2D eigenvalue weighted by Gasteiger charge is -2.13. The van der Waals surface area contributed by atoms with Crippen LogP contribution in [0.25, 0.3) is 0 Å². The summed E-state index contributed by atoms with van der Waals surface area (Å²) < 4.78 is 13.7. The van der Waals surface area contributed by atoms with Crippen molar-refractivity contribution in [2.45, 2.75) is 44.2 Å². The van der Waals surface area contributed by atoms with Crippen molar-refractivity contribution in [2.24, 2.45) is 5.10 Å². The molecule has 0 saturated heterocycles. The summed E-state index contributed by atoms with van der Waals surface area (Å²) in [5, 5.41) is 15.6. The predicted octanol–water partition coefficient (Wildman–Crippen LogP) is 7.69. The summed E-state index contributed by atoms with van der Waals surface area (Å²) in [4.78, 5) is 0. The molecule has 192 valence electrons. The highest BCUT2D eigenvalue weighted by molar-refractivity contribution is 7.98. The molecule has 1 heterocycles. The maximum atomic E-state index is 6.02. The molecule has 0 fully saturated rings. The summed E-state index contributed by atoms with van der Waals surface area (Å²) >= 11 is 13.6. The van der Waals surface area contributed by atoms with Crippen LogP contribution in [0.2, 0.25) is 10.0 Å². The number of nitrogens with zero attached hydrogens (tertiary/aromatic N) is 4. The van der Waals surface area contributed by atoms with Gasteiger partial charge in [-0.2, -0.15) is 9.78 Å². The van der Waals surface area contributed by atoms with Crippen molar-refractivity contribution in [3.63, 3.8) is 0 Å². The van der Waals surface area contributed by atoms with E-state index in [9.17, 15) is 0 Å². The Balaban J connectivity index is 1.50. The van der Waals surface area contributed by atoms with Gasteiger partial charge in [0.25, 0.3) is 0 Å². The number of aromatic nitrogens is 3. The minimum atomic E-state index is 0.417. The SMILES string of the molecule is CCCc1nnc(SCc2ccc(Cl)cc2)n1/N=C/c1ccc(OCc2ccc(Cl)cc2)c(OCC)c1. The van der Waals surface area contributed by atoms with Crippen molar-refractivity contribution in [3.05, 3.63) is 99.3 Å². The highest BCUT2D eigenvalue weighted by Gasteiger charge is 2.12. The molecule has 4 rings (SSSR count). The number of ether oxygens (including phenoxy) is 2. The summed E-state index contributed by atoms with van der Waals surface area (Å²) in [5.74, 6) is 2.90. The fourth-order valence-corrected chi connectivity index (χ4v) is 4.58. The number of halogens is 2. The zero-order valence-electron chi connectivity index (χ0n) is 20.7. The van der Waals surface area contributed by atoms with Crippen LogP contribution in [-0.2, 0) is 18.8 Å². The lowest BCUT2D eigenvalue weighted by atomic mass is 10.2. The van der Waals surface area contributed by atoms with Crippen LogP contribution in [0, 0.1) is 0 Å². The Hall–Kier alpha value is -3.00. The van der Waals surface area contributed by atoms with E-state index in [4.69, 9.17) is 37.8 Å². The van der Waals surface area contributed by atoms with E-state index in [1.54, 1.807) is 18.0 Å². The average Bonchev–Trinajstić information content (AvgIpc) is 3.29. The second-order valence-electron chi connectivity index (χ2n) is 8.17. The average molecular weight is 556 g/mol. The van der Waals surface area contributed by atoms with Crippen LogP contribution in [0.15, 0.2) is 77.0 Å². The molecule has 3 aromatic carbocycles. The Morgan fingerprint density at radius 3 is 2.24 bits per heavy atom. The van der Waals surface area contributed by atoms with E-state index in [1.807, 2.05) is 78.3 Å². The Kier molecular flexibility index (Phi) is 9.88. The monoisotopic (exact) mass is 554 g/mol. The second kappa shape index (κ2) is 13.5. The van der Waals surface area contributed by atoms with Gasteiger partial charge in [-0.15, -0.1) is 10.2 Å². The fraction of sp³-hybridized carbons (Fsp3) is 0.250. The van der Waals surface area contributed by atoms with Gasteiger partial charge < -0.3 is 9.47 Å². The van der Waals surface area contributed by atoms with Crippen LogP contribution in [0.1, 0.15) is 42.8 Å². The summed E-state index contributed by atoms with van der Waals surface area (Å²) in [7, 11) is 0. The zero-order valence-corrected chi connectivity index (χ0v) is 23.1. The molecule has 9 heteroatoms. The highest BCUT2D eigenvalue weighted by atomic mass is 35.5. The molecule has 37 heavy (non-hydrogen) atoms. The smallest absolute Gasteiger partial charge is 0.212 e. The van der Waals surface area contributed by atoms with Crippen molar-refractivity contribution in [2.75, 3.05) is 6.61 Å². The maximum absolute atomic E-state index is 6.02. The van der Waals surface area contributed by atoms with E-state index in [2.05, 4.69) is 17.1 Å². The summed E-state index contributed by atoms with van der Waals surface area (Å²) in [6, 6.07) is 21.2. The number of hydrogen-bond acceptors (Lipinski definition) is 6. The van der Waals surface area contributed by atoms with Gasteiger partial charge in [-0.3, -0.25) is 0 Å². The minimum Gasteiger partial charge on any atom is -0.490 e. The predicted molar refractivity (Wildman–Crippen MR) is 151 cm³/mol. The van der Waals surface area contributed by atoms with Gasteiger partial charge in [-0.1, -0.05) is 66.2 Å². The van der Waals surface area contributed by atoms with Crippen LogP contribution in [0.3, 0.4) is 0 Å². The Labute approximate surface area is 231 Å². The van der Waals surface area contributed by atoms with Gasteiger partial charge in [-0.05, 0) is 72.5 Å². The Morgan fingerprint density at radius 2 is 1.57 bits per heavy atom. The molecule has 0 N–H and O–H groups in total. The van der Waals surface area contributed by atoms with Crippen molar-refractivity contribution >= 4 is 41.2 Å². The third-order valence-electron chi connectivity index (χ3n) is 5.33. The quantitative estimate of drug-likeness (QED) is 0.133. The maximum Gasteiger partial charge on any atom is 0.212 e. The molecule has 4 aromatic rings. The van der Waals surface area contributed by atoms with E-state index in [-0.39, 0.29) is 0 Å². The Morgan fingerprint density at radius 1 is 0.865 bits per heavy atom. The molecule has 0 atom stereocenters. The molecule has 0 aliphatic rings. The zero-order chi connectivity index (χ0) is 26.0. The summed E-state index contributed by atoms with van der Waals surface area (Å²) in [6.07, 6.45) is 3.53. The topological polar surface area (TPSA) is 61.5 Å². The number of thioether (sulfide) groups is 1. The van der Waals surface area contributed by atoms with Gasteiger partial charge in [0.15, 0.2) is 17.3 Å². The lowest BCUT2D eigenvalue weighted by Crippen LogP contribution is -2.02. The first-order valence-electron chi connectivity index (χ1n) is 12.1. The summed E-state index contributed by atoms with van der Waals surface area (Å²) in [5.41, 5.74) is 3.06. The van der Waals surface area contributed by atoms with E-state index in [0.717, 1.165) is 51.3 Å². The van der Waals surface area contributed by atoms with Gasteiger partial charge in [0, 0.05) is 22.2 Å². The van der Waals surface area contributed by atoms with E-state index in [0.29, 0.717) is 29.7 Å². The van der Waals surface area contributed by atoms with Gasteiger partial charge in [-0.25, -0.2) is 0 Å². The third-order valence-corrected chi connectivity index (χ3v) is 6.82. The van der Waals surface area contributed by atoms with Gasteiger partial charge in [0.05, 0.1) is 12.8 Å². The van der Waals surface area contributed by atoms with Gasteiger partial charge in [0.2, 0.25) is 5.16 Å². The molecule has 0 radical (unpaired) electrons. The van der Waals surface area contributed by atoms with Crippen molar-refractivity contribution < 1.29 is 9.47 Å². The molecular weight excluding hydrogens is 527 g/mol. The van der Waals surface area contributed by atoms with E-state index < -0.39 is 0 Å². The van der Waals surface area contributed by atoms with Crippen molar-refractivity contribution in [1.82, 2.24) is 14.9 Å². The molecule has 0 aliphatic heterocycles. The van der Waals surface area contributed by atoms with Crippen LogP contribution in [-0.4, -0.2) is 27.7 Å². The third kappa shape index (κ3) is 7.74. The number of aryl methyl sites for hydroxylation is 1. The number of rotatable bonds is 12. The van der Waals surface area contributed by atoms with Crippen LogP contribution in [0.4, 0.5) is 0 Å². The molecule has 6 nitrogen and oxygen atoms in total.